The Morgan fingerprint density at radius 2 is 1.87 bits per heavy atom. The van der Waals surface area contributed by atoms with Gasteiger partial charge in [0.2, 0.25) is 5.91 Å². The summed E-state index contributed by atoms with van der Waals surface area (Å²) in [6, 6.07) is 6.29. The second-order valence-corrected chi connectivity index (χ2v) is 6.17. The normalized spacial score (nSPS) is 23.6. The summed E-state index contributed by atoms with van der Waals surface area (Å²) in [6.45, 7) is 4.07. The summed E-state index contributed by atoms with van der Waals surface area (Å²) >= 11 is 0. The monoisotopic (exact) mass is 342 g/mol. The molecule has 3 rings (SSSR count). The van der Waals surface area contributed by atoms with Crippen LogP contribution in [0.15, 0.2) is 24.3 Å². The molecule has 23 heavy (non-hydrogen) atoms. The van der Waals surface area contributed by atoms with Crippen molar-refractivity contribution in [3.63, 3.8) is 0 Å². The minimum absolute atomic E-state index is 0. The molecule has 1 aromatic rings. The number of hydrogen-bond donors (Lipinski definition) is 1. The molecule has 0 bridgehead atoms. The lowest BCUT2D eigenvalue weighted by atomic mass is 9.92. The maximum absolute atomic E-state index is 13.4. The highest BCUT2D eigenvalue weighted by Gasteiger charge is 2.31. The van der Waals surface area contributed by atoms with Crippen molar-refractivity contribution in [3.05, 3.63) is 30.1 Å². The molecule has 2 heterocycles. The summed E-state index contributed by atoms with van der Waals surface area (Å²) in [7, 11) is 0. The average molecular weight is 343 g/mol. The van der Waals surface area contributed by atoms with Gasteiger partial charge in [0.05, 0.1) is 13.0 Å². The molecule has 2 saturated heterocycles. The molecule has 128 valence electrons. The number of hydrogen-bond acceptors (Lipinski definition) is 3. The fraction of sp³-hybridized carbons (Fsp3) is 0.588. The molecule has 2 aliphatic rings. The van der Waals surface area contributed by atoms with Crippen LogP contribution in [-0.2, 0) is 4.79 Å². The molecule has 4 nitrogen and oxygen atoms in total. The average Bonchev–Trinajstić information content (AvgIpc) is 2.87. The van der Waals surface area contributed by atoms with E-state index < -0.39 is 0 Å². The molecule has 2 atom stereocenters. The molecule has 2 aliphatic heterocycles. The Morgan fingerprint density at radius 3 is 2.52 bits per heavy atom. The van der Waals surface area contributed by atoms with Crippen molar-refractivity contribution in [2.45, 2.75) is 19.3 Å². The quantitative estimate of drug-likeness (QED) is 0.914. The van der Waals surface area contributed by atoms with E-state index in [9.17, 15) is 9.18 Å². The largest absolute Gasteiger partial charge is 0.490 e. The summed E-state index contributed by atoms with van der Waals surface area (Å²) in [6.07, 6.45) is 2.47. The van der Waals surface area contributed by atoms with Gasteiger partial charge in [0.25, 0.3) is 0 Å². The van der Waals surface area contributed by atoms with Crippen LogP contribution in [0.4, 0.5) is 4.39 Å². The molecule has 6 heteroatoms. The van der Waals surface area contributed by atoms with E-state index in [1.807, 2.05) is 4.90 Å². The highest BCUT2D eigenvalue weighted by atomic mass is 35.5. The SMILES string of the molecule is Cl.O=C(CCOc1ccccc1F)N1CC[C@@H]2CNC[C@@H]2CC1. The fourth-order valence-corrected chi connectivity index (χ4v) is 3.44. The first kappa shape index (κ1) is 18.0. The first-order valence-electron chi connectivity index (χ1n) is 8.10. The van der Waals surface area contributed by atoms with E-state index in [4.69, 9.17) is 4.74 Å². The van der Waals surface area contributed by atoms with Gasteiger partial charge >= 0.3 is 0 Å². The summed E-state index contributed by atoms with van der Waals surface area (Å²) in [4.78, 5) is 14.2. The second-order valence-electron chi connectivity index (χ2n) is 6.17. The van der Waals surface area contributed by atoms with E-state index in [2.05, 4.69) is 5.32 Å². The minimum atomic E-state index is -0.384. The van der Waals surface area contributed by atoms with Gasteiger partial charge in [-0.15, -0.1) is 12.4 Å². The molecule has 0 spiro atoms. The highest BCUT2D eigenvalue weighted by molar-refractivity contribution is 5.85. The van der Waals surface area contributed by atoms with Gasteiger partial charge in [-0.3, -0.25) is 4.79 Å². The van der Waals surface area contributed by atoms with Crippen molar-refractivity contribution in [1.82, 2.24) is 10.2 Å². The maximum atomic E-state index is 13.4. The van der Waals surface area contributed by atoms with Crippen LogP contribution in [0.3, 0.4) is 0 Å². The zero-order valence-corrected chi connectivity index (χ0v) is 14.0. The Bertz CT molecular complexity index is 515. The third kappa shape index (κ3) is 4.58. The van der Waals surface area contributed by atoms with E-state index in [0.29, 0.717) is 18.3 Å². The number of carbonyl (C=O) groups is 1. The Labute approximate surface area is 142 Å². The fourth-order valence-electron chi connectivity index (χ4n) is 3.44. The molecule has 1 amide bonds. The van der Waals surface area contributed by atoms with E-state index in [1.54, 1.807) is 18.2 Å². The zero-order valence-electron chi connectivity index (χ0n) is 13.2. The lowest BCUT2D eigenvalue weighted by molar-refractivity contribution is -0.131. The molecule has 0 aromatic heterocycles. The van der Waals surface area contributed by atoms with E-state index in [0.717, 1.165) is 39.0 Å². The van der Waals surface area contributed by atoms with E-state index >= 15 is 0 Å². The van der Waals surface area contributed by atoms with Crippen LogP contribution in [0.25, 0.3) is 0 Å². The van der Waals surface area contributed by atoms with Gasteiger partial charge in [0.15, 0.2) is 11.6 Å². The highest BCUT2D eigenvalue weighted by Crippen LogP contribution is 2.27. The molecule has 2 fully saturated rings. The number of benzene rings is 1. The predicted molar refractivity (Wildman–Crippen MR) is 89.4 cm³/mol. The summed E-state index contributed by atoms with van der Waals surface area (Å²) in [5.41, 5.74) is 0. The van der Waals surface area contributed by atoms with Crippen molar-refractivity contribution >= 4 is 18.3 Å². The number of nitrogens with zero attached hydrogens (tertiary/aromatic N) is 1. The van der Waals surface area contributed by atoms with Crippen molar-refractivity contribution < 1.29 is 13.9 Å². The van der Waals surface area contributed by atoms with Crippen LogP contribution in [0, 0.1) is 17.7 Å². The lowest BCUT2D eigenvalue weighted by Gasteiger charge is -2.21. The Balaban J connectivity index is 0.00000192. The molecular weight excluding hydrogens is 319 g/mol. The third-order valence-corrected chi connectivity index (χ3v) is 4.78. The van der Waals surface area contributed by atoms with E-state index in [1.165, 1.54) is 6.07 Å². The van der Waals surface area contributed by atoms with Crippen LogP contribution < -0.4 is 10.1 Å². The van der Waals surface area contributed by atoms with Gasteiger partial charge in [-0.1, -0.05) is 12.1 Å². The van der Waals surface area contributed by atoms with Crippen LogP contribution in [-0.4, -0.2) is 43.6 Å². The first-order valence-corrected chi connectivity index (χ1v) is 8.10. The van der Waals surface area contributed by atoms with Gasteiger partial charge in [0, 0.05) is 13.1 Å². The maximum Gasteiger partial charge on any atom is 0.225 e. The standard InChI is InChI=1S/C17H23FN2O2.ClH/c18-15-3-1-2-4-16(15)22-10-7-17(21)20-8-5-13-11-19-12-14(13)6-9-20;/h1-4,13-14,19H,5-12H2;1H/t13-,14+;. The Morgan fingerprint density at radius 1 is 1.22 bits per heavy atom. The number of fused-ring (bicyclic) bond motifs is 1. The van der Waals surface area contributed by atoms with Crippen molar-refractivity contribution in [3.8, 4) is 5.75 Å². The number of halogens is 2. The third-order valence-electron chi connectivity index (χ3n) is 4.78. The number of para-hydroxylation sites is 1. The molecule has 0 saturated carbocycles. The van der Waals surface area contributed by atoms with Gasteiger partial charge < -0.3 is 15.0 Å². The molecule has 1 N–H and O–H groups in total. The lowest BCUT2D eigenvalue weighted by Crippen LogP contribution is -2.33. The van der Waals surface area contributed by atoms with Crippen LogP contribution in [0.1, 0.15) is 19.3 Å². The van der Waals surface area contributed by atoms with Crippen LogP contribution >= 0.6 is 12.4 Å². The molecular formula is C17H24ClFN2O2. The van der Waals surface area contributed by atoms with Gasteiger partial charge in [0.1, 0.15) is 0 Å². The predicted octanol–water partition coefficient (Wildman–Crippen LogP) is 2.47. The minimum Gasteiger partial charge on any atom is -0.490 e. The number of ether oxygens (including phenoxy) is 1. The van der Waals surface area contributed by atoms with Crippen molar-refractivity contribution in [2.75, 3.05) is 32.8 Å². The first-order chi connectivity index (χ1) is 10.7. The smallest absolute Gasteiger partial charge is 0.225 e. The molecule has 0 aliphatic carbocycles. The number of nitrogens with one attached hydrogen (secondary N) is 1. The van der Waals surface area contributed by atoms with Gasteiger partial charge in [-0.05, 0) is 49.9 Å². The van der Waals surface area contributed by atoms with Crippen LogP contribution in [0.5, 0.6) is 5.75 Å². The number of likely N-dealkylation sites (tertiary alicyclic amines) is 1. The molecule has 1 aromatic carbocycles. The molecule has 0 unspecified atom stereocenters. The Kier molecular flexibility index (Phi) is 6.66. The van der Waals surface area contributed by atoms with Crippen molar-refractivity contribution in [1.29, 1.82) is 0 Å². The van der Waals surface area contributed by atoms with Crippen LogP contribution in [0.2, 0.25) is 0 Å². The number of carbonyl (C=O) groups excluding carboxylic acids is 1. The van der Waals surface area contributed by atoms with Gasteiger partial charge in [-0.25, -0.2) is 4.39 Å². The number of rotatable bonds is 4. The topological polar surface area (TPSA) is 41.6 Å². The number of amides is 1. The summed E-state index contributed by atoms with van der Waals surface area (Å²) in [5, 5.41) is 3.43. The summed E-state index contributed by atoms with van der Waals surface area (Å²) < 4.78 is 18.8. The van der Waals surface area contributed by atoms with Gasteiger partial charge in [-0.2, -0.15) is 0 Å². The zero-order chi connectivity index (χ0) is 15.4. The molecule has 0 radical (unpaired) electrons. The summed E-state index contributed by atoms with van der Waals surface area (Å²) in [5.74, 6) is 1.38. The van der Waals surface area contributed by atoms with E-state index in [-0.39, 0.29) is 36.5 Å². The Hall–Kier alpha value is -1.33. The van der Waals surface area contributed by atoms with Crippen molar-refractivity contribution in [2.24, 2.45) is 11.8 Å². The second kappa shape index (κ2) is 8.50.